The van der Waals surface area contributed by atoms with Crippen molar-refractivity contribution >= 4 is 17.2 Å². The number of hydrogen-bond donors (Lipinski definition) is 2. The van der Waals surface area contributed by atoms with Crippen LogP contribution in [0.2, 0.25) is 0 Å². The molecule has 0 spiro atoms. The molecule has 0 unspecified atom stereocenters. The first-order valence-corrected chi connectivity index (χ1v) is 7.28. The Morgan fingerprint density at radius 2 is 2.12 bits per heavy atom. The molecule has 0 bridgehead atoms. The molecule has 11 heteroatoms. The van der Waals surface area contributed by atoms with E-state index in [1.165, 1.54) is 23.0 Å². The normalized spacial score (nSPS) is 11.8. The number of hydrogen-bond acceptors (Lipinski definition) is 4. The summed E-state index contributed by atoms with van der Waals surface area (Å²) in [6.07, 6.45) is -1.80. The molecule has 0 aliphatic heterocycles. The van der Waals surface area contributed by atoms with E-state index < -0.39 is 18.8 Å². The molecule has 8 nitrogen and oxygen atoms in total. The summed E-state index contributed by atoms with van der Waals surface area (Å²) >= 11 is 0. The van der Waals surface area contributed by atoms with Crippen LogP contribution in [0, 0.1) is 0 Å². The highest BCUT2D eigenvalue weighted by Crippen LogP contribution is 2.24. The summed E-state index contributed by atoms with van der Waals surface area (Å²) in [5.41, 5.74) is 1.40. The van der Waals surface area contributed by atoms with E-state index in [0.29, 0.717) is 29.0 Å². The third-order valence-electron chi connectivity index (χ3n) is 3.49. The van der Waals surface area contributed by atoms with Gasteiger partial charge in [0.1, 0.15) is 6.54 Å². The number of nitrogens with zero attached hydrogens (tertiary/aromatic N) is 4. The number of aromatic amines is 1. The van der Waals surface area contributed by atoms with Gasteiger partial charge in [0.15, 0.2) is 5.65 Å². The SMILES string of the molecule is CCn1c(=O)[nH]c2nccc(-c3ccn(C(=O)NCC(F)(F)F)n3)c21. The number of fused-ring (bicyclic) bond motifs is 1. The Morgan fingerprint density at radius 3 is 2.80 bits per heavy atom. The maximum atomic E-state index is 12.2. The highest BCUT2D eigenvalue weighted by molar-refractivity contribution is 5.89. The number of nitrogens with one attached hydrogen (secondary N) is 2. The number of H-pyrrole nitrogens is 1. The highest BCUT2D eigenvalue weighted by atomic mass is 19.4. The molecule has 0 aliphatic carbocycles. The Hall–Kier alpha value is -3.11. The maximum Gasteiger partial charge on any atom is 0.405 e. The largest absolute Gasteiger partial charge is 0.405 e. The smallest absolute Gasteiger partial charge is 0.327 e. The molecule has 2 N–H and O–H groups in total. The van der Waals surface area contributed by atoms with E-state index in [4.69, 9.17) is 0 Å². The van der Waals surface area contributed by atoms with E-state index in [1.807, 2.05) is 0 Å². The van der Waals surface area contributed by atoms with E-state index >= 15 is 0 Å². The van der Waals surface area contributed by atoms with Crippen LogP contribution in [0.15, 0.2) is 29.3 Å². The van der Waals surface area contributed by atoms with Gasteiger partial charge >= 0.3 is 17.9 Å². The second-order valence-electron chi connectivity index (χ2n) is 5.15. The molecular weight excluding hydrogens is 341 g/mol. The summed E-state index contributed by atoms with van der Waals surface area (Å²) in [6.45, 7) is 0.729. The summed E-state index contributed by atoms with van der Waals surface area (Å²) in [6, 6.07) is 2.08. The topological polar surface area (TPSA) is 97.6 Å². The zero-order valence-corrected chi connectivity index (χ0v) is 13.0. The minimum Gasteiger partial charge on any atom is -0.327 e. The quantitative estimate of drug-likeness (QED) is 0.748. The fourth-order valence-electron chi connectivity index (χ4n) is 2.43. The molecule has 132 valence electrons. The van der Waals surface area contributed by atoms with Gasteiger partial charge in [-0.1, -0.05) is 0 Å². The van der Waals surface area contributed by atoms with E-state index in [9.17, 15) is 22.8 Å². The van der Waals surface area contributed by atoms with Crippen LogP contribution < -0.4 is 11.0 Å². The third kappa shape index (κ3) is 3.25. The fourth-order valence-corrected chi connectivity index (χ4v) is 2.43. The van der Waals surface area contributed by atoms with Gasteiger partial charge in [0.25, 0.3) is 0 Å². The number of rotatable bonds is 3. The summed E-state index contributed by atoms with van der Waals surface area (Å²) in [5, 5.41) is 5.73. The van der Waals surface area contributed by atoms with Gasteiger partial charge in [0, 0.05) is 24.5 Å². The Labute approximate surface area is 138 Å². The molecule has 25 heavy (non-hydrogen) atoms. The molecule has 0 atom stereocenters. The van der Waals surface area contributed by atoms with Crippen molar-refractivity contribution in [1.82, 2.24) is 29.6 Å². The second-order valence-corrected chi connectivity index (χ2v) is 5.15. The van der Waals surface area contributed by atoms with Crippen LogP contribution in [0.3, 0.4) is 0 Å². The summed E-state index contributed by atoms with van der Waals surface area (Å²) in [4.78, 5) is 30.4. The number of carbonyl (C=O) groups excluding carboxylic acids is 1. The Bertz CT molecular complexity index is 985. The van der Waals surface area contributed by atoms with Crippen molar-refractivity contribution in [1.29, 1.82) is 0 Å². The molecule has 0 saturated carbocycles. The molecule has 3 rings (SSSR count). The zero-order chi connectivity index (χ0) is 18.2. The predicted octanol–water partition coefficient (Wildman–Crippen LogP) is 1.73. The minimum atomic E-state index is -4.51. The maximum absolute atomic E-state index is 12.2. The molecule has 1 amide bonds. The van der Waals surface area contributed by atoms with Crippen molar-refractivity contribution in [3.8, 4) is 11.3 Å². The van der Waals surface area contributed by atoms with Gasteiger partial charge in [0.2, 0.25) is 0 Å². The molecule has 0 aliphatic rings. The molecule has 0 aromatic carbocycles. The van der Waals surface area contributed by atoms with E-state index in [1.54, 1.807) is 18.3 Å². The van der Waals surface area contributed by atoms with Crippen LogP contribution in [0.25, 0.3) is 22.4 Å². The van der Waals surface area contributed by atoms with Gasteiger partial charge in [-0.3, -0.25) is 9.55 Å². The lowest BCUT2D eigenvalue weighted by molar-refractivity contribution is -0.122. The number of pyridine rings is 1. The van der Waals surface area contributed by atoms with Crippen LogP contribution in [-0.2, 0) is 6.54 Å². The van der Waals surface area contributed by atoms with Gasteiger partial charge in [-0.25, -0.2) is 14.6 Å². The zero-order valence-electron chi connectivity index (χ0n) is 13.0. The van der Waals surface area contributed by atoms with Gasteiger partial charge in [-0.2, -0.15) is 23.0 Å². The molecule has 0 radical (unpaired) electrons. The van der Waals surface area contributed by atoms with E-state index in [2.05, 4.69) is 15.1 Å². The van der Waals surface area contributed by atoms with Crippen molar-refractivity contribution in [3.63, 3.8) is 0 Å². The highest BCUT2D eigenvalue weighted by Gasteiger charge is 2.28. The molecule has 0 fully saturated rings. The Morgan fingerprint density at radius 1 is 1.36 bits per heavy atom. The lowest BCUT2D eigenvalue weighted by Crippen LogP contribution is -2.36. The van der Waals surface area contributed by atoms with Crippen LogP contribution in [0.5, 0.6) is 0 Å². The van der Waals surface area contributed by atoms with Gasteiger partial charge in [-0.05, 0) is 19.1 Å². The van der Waals surface area contributed by atoms with Crippen molar-refractivity contribution in [3.05, 3.63) is 35.0 Å². The molecule has 3 aromatic rings. The average molecular weight is 354 g/mol. The third-order valence-corrected chi connectivity index (χ3v) is 3.49. The van der Waals surface area contributed by atoms with Crippen molar-refractivity contribution in [2.45, 2.75) is 19.6 Å². The second kappa shape index (κ2) is 6.07. The monoisotopic (exact) mass is 354 g/mol. The lowest BCUT2D eigenvalue weighted by Gasteiger charge is -2.07. The number of carbonyl (C=O) groups is 1. The number of halogens is 3. The molecular formula is C14H13F3N6O2. The number of alkyl halides is 3. The average Bonchev–Trinajstić information content (AvgIpc) is 3.15. The lowest BCUT2D eigenvalue weighted by atomic mass is 10.2. The molecule has 3 aromatic heterocycles. The standard InChI is InChI=1S/C14H13F3N6O2/c1-2-22-10-8(3-5-18-11(10)20-13(22)25)9-4-6-23(21-9)12(24)19-7-14(15,16)17/h3-6H,2,7H2,1H3,(H,19,24)(H,18,20,25). The summed E-state index contributed by atoms with van der Waals surface area (Å²) < 4.78 is 38.8. The van der Waals surface area contributed by atoms with Gasteiger partial charge in [0.05, 0.1) is 11.2 Å². The summed E-state index contributed by atoms with van der Waals surface area (Å²) in [7, 11) is 0. The van der Waals surface area contributed by atoms with Crippen molar-refractivity contribution < 1.29 is 18.0 Å². The van der Waals surface area contributed by atoms with E-state index in [0.717, 1.165) is 4.68 Å². The predicted molar refractivity (Wildman–Crippen MR) is 82.1 cm³/mol. The minimum absolute atomic E-state index is 0.329. The number of imidazole rings is 1. The van der Waals surface area contributed by atoms with E-state index in [-0.39, 0.29) is 5.69 Å². The first-order chi connectivity index (χ1) is 11.8. The van der Waals surface area contributed by atoms with Crippen molar-refractivity contribution in [2.75, 3.05) is 6.54 Å². The van der Waals surface area contributed by atoms with Crippen LogP contribution in [-0.4, -0.2) is 43.1 Å². The number of aromatic nitrogens is 5. The van der Waals surface area contributed by atoms with Gasteiger partial charge in [-0.15, -0.1) is 0 Å². The molecule has 0 saturated heterocycles. The first-order valence-electron chi connectivity index (χ1n) is 7.28. The fraction of sp³-hybridized carbons (Fsp3) is 0.286. The van der Waals surface area contributed by atoms with Gasteiger partial charge < -0.3 is 5.32 Å². The van der Waals surface area contributed by atoms with Crippen molar-refractivity contribution in [2.24, 2.45) is 0 Å². The first kappa shape index (κ1) is 16.7. The van der Waals surface area contributed by atoms with Crippen LogP contribution >= 0.6 is 0 Å². The Kier molecular flexibility index (Phi) is 4.07. The molecule has 3 heterocycles. The Balaban J connectivity index is 1.97. The van der Waals surface area contributed by atoms with Crippen LogP contribution in [0.4, 0.5) is 18.0 Å². The number of aryl methyl sites for hydroxylation is 1. The summed E-state index contributed by atoms with van der Waals surface area (Å²) in [5.74, 6) is 0. The number of amides is 1. The van der Waals surface area contributed by atoms with Crippen LogP contribution in [0.1, 0.15) is 6.92 Å².